The van der Waals surface area contributed by atoms with Crippen LogP contribution in [0.3, 0.4) is 0 Å². The summed E-state index contributed by atoms with van der Waals surface area (Å²) in [6, 6.07) is 3.54. The van der Waals surface area contributed by atoms with E-state index in [1.807, 2.05) is 12.3 Å². The first-order valence-electron chi connectivity index (χ1n) is 9.22. The number of aromatic nitrogens is 2. The Balaban J connectivity index is 1.49. The highest BCUT2D eigenvalue weighted by molar-refractivity contribution is 5.95. The number of rotatable bonds is 5. The molecule has 0 radical (unpaired) electrons. The Hall–Kier alpha value is -2.57. The quantitative estimate of drug-likeness (QED) is 0.888. The van der Waals surface area contributed by atoms with Crippen molar-refractivity contribution in [2.75, 3.05) is 19.6 Å². The van der Waals surface area contributed by atoms with Crippen LogP contribution in [0.2, 0.25) is 0 Å². The van der Waals surface area contributed by atoms with Crippen molar-refractivity contribution in [1.29, 1.82) is 0 Å². The van der Waals surface area contributed by atoms with E-state index in [4.69, 9.17) is 4.42 Å². The van der Waals surface area contributed by atoms with Crippen LogP contribution in [0.25, 0.3) is 0 Å². The Kier molecular flexibility index (Phi) is 4.30. The second-order valence-electron chi connectivity index (χ2n) is 7.32. The largest absolute Gasteiger partial charge is 0.469 e. The smallest absolute Gasteiger partial charge is 0.257 e. The van der Waals surface area contributed by atoms with Gasteiger partial charge in [0.05, 0.1) is 11.8 Å². The molecule has 2 amide bonds. The van der Waals surface area contributed by atoms with Crippen LogP contribution in [-0.4, -0.2) is 46.1 Å². The van der Waals surface area contributed by atoms with E-state index in [9.17, 15) is 9.59 Å². The Morgan fingerprint density at radius 3 is 2.69 bits per heavy atom. The maximum Gasteiger partial charge on any atom is 0.257 e. The molecule has 7 heteroatoms. The van der Waals surface area contributed by atoms with Crippen LogP contribution >= 0.6 is 0 Å². The number of nitrogens with zero attached hydrogens (tertiary/aromatic N) is 3. The van der Waals surface area contributed by atoms with E-state index >= 15 is 0 Å². The van der Waals surface area contributed by atoms with E-state index in [-0.39, 0.29) is 11.8 Å². The predicted molar refractivity (Wildman–Crippen MR) is 94.5 cm³/mol. The molecule has 1 saturated carbocycles. The van der Waals surface area contributed by atoms with Crippen LogP contribution in [0.4, 0.5) is 0 Å². The van der Waals surface area contributed by atoms with E-state index < -0.39 is 5.54 Å². The zero-order valence-electron chi connectivity index (χ0n) is 15.0. The highest BCUT2D eigenvalue weighted by Crippen LogP contribution is 2.32. The number of likely N-dealkylation sites (tertiary alicyclic amines) is 1. The summed E-state index contributed by atoms with van der Waals surface area (Å²) in [5.41, 5.74) is -0.129. The van der Waals surface area contributed by atoms with Gasteiger partial charge in [-0.2, -0.15) is 5.10 Å². The van der Waals surface area contributed by atoms with Gasteiger partial charge in [0.15, 0.2) is 0 Å². The number of carbonyl (C=O) groups excluding carboxylic acids is 2. The fourth-order valence-electron chi connectivity index (χ4n) is 3.66. The summed E-state index contributed by atoms with van der Waals surface area (Å²) in [6.07, 6.45) is 8.56. The van der Waals surface area contributed by atoms with Gasteiger partial charge in [0.2, 0.25) is 5.91 Å². The fourth-order valence-corrected chi connectivity index (χ4v) is 3.66. The normalized spacial score (nSPS) is 19.3. The molecule has 26 heavy (non-hydrogen) atoms. The lowest BCUT2D eigenvalue weighted by atomic mass is 9.86. The number of amides is 2. The number of furan rings is 1. The average molecular weight is 356 g/mol. The van der Waals surface area contributed by atoms with Crippen molar-refractivity contribution in [1.82, 2.24) is 20.0 Å². The van der Waals surface area contributed by atoms with Crippen LogP contribution in [0.1, 0.15) is 41.8 Å². The average Bonchev–Trinajstić information content (AvgIpc) is 3.13. The third-order valence-corrected chi connectivity index (χ3v) is 5.58. The van der Waals surface area contributed by atoms with Gasteiger partial charge in [0.25, 0.3) is 5.91 Å². The Bertz CT molecular complexity index is 784. The van der Waals surface area contributed by atoms with Crippen LogP contribution in [0.5, 0.6) is 0 Å². The van der Waals surface area contributed by atoms with Crippen molar-refractivity contribution in [2.45, 2.75) is 38.1 Å². The molecular formula is C19H24N4O3. The highest BCUT2D eigenvalue weighted by atomic mass is 16.3. The maximum absolute atomic E-state index is 13.0. The second-order valence-corrected chi connectivity index (χ2v) is 7.32. The SMILES string of the molecule is Cc1occc1C(=O)N1CCC(C(=O)NCC2CC2)(n2cccn2)CC1. The molecule has 0 aromatic carbocycles. The lowest BCUT2D eigenvalue weighted by molar-refractivity contribution is -0.133. The van der Waals surface area contributed by atoms with Gasteiger partial charge in [0, 0.05) is 32.0 Å². The number of piperidine rings is 1. The first kappa shape index (κ1) is 16.9. The third-order valence-electron chi connectivity index (χ3n) is 5.58. The van der Waals surface area contributed by atoms with Gasteiger partial charge in [-0.3, -0.25) is 14.3 Å². The summed E-state index contributed by atoms with van der Waals surface area (Å²) in [5, 5.41) is 7.45. The topological polar surface area (TPSA) is 80.4 Å². The number of carbonyl (C=O) groups is 2. The minimum Gasteiger partial charge on any atom is -0.469 e. The minimum atomic E-state index is -0.722. The summed E-state index contributed by atoms with van der Waals surface area (Å²) < 4.78 is 7.01. The second kappa shape index (κ2) is 6.63. The van der Waals surface area contributed by atoms with Crippen molar-refractivity contribution >= 4 is 11.8 Å². The van der Waals surface area contributed by atoms with Gasteiger partial charge in [-0.05, 0) is 50.7 Å². The molecule has 7 nitrogen and oxygen atoms in total. The first-order valence-corrected chi connectivity index (χ1v) is 9.22. The molecule has 2 fully saturated rings. The van der Waals surface area contributed by atoms with Gasteiger partial charge >= 0.3 is 0 Å². The molecule has 2 aromatic rings. The number of aryl methyl sites for hydroxylation is 1. The standard InChI is InChI=1S/C19H24N4O3/c1-14-16(5-12-26-14)17(24)22-10-6-19(7-11-22,23-9-2-8-21-23)18(25)20-13-15-3-4-15/h2,5,8-9,12,15H,3-4,6-7,10-11,13H2,1H3,(H,20,25). The van der Waals surface area contributed by atoms with E-state index in [2.05, 4.69) is 10.4 Å². The monoisotopic (exact) mass is 356 g/mol. The molecule has 1 aliphatic carbocycles. The van der Waals surface area contributed by atoms with Gasteiger partial charge in [-0.25, -0.2) is 0 Å². The number of hydrogen-bond donors (Lipinski definition) is 1. The molecule has 1 N–H and O–H groups in total. The molecule has 138 valence electrons. The van der Waals surface area contributed by atoms with E-state index in [1.54, 1.807) is 28.8 Å². The zero-order valence-corrected chi connectivity index (χ0v) is 15.0. The molecule has 0 atom stereocenters. The summed E-state index contributed by atoms with van der Waals surface area (Å²) in [7, 11) is 0. The van der Waals surface area contributed by atoms with Crippen molar-refractivity contribution in [3.8, 4) is 0 Å². The van der Waals surface area contributed by atoms with E-state index in [0.717, 1.165) is 6.54 Å². The van der Waals surface area contributed by atoms with Crippen molar-refractivity contribution in [3.05, 3.63) is 42.1 Å². The molecule has 3 heterocycles. The Morgan fingerprint density at radius 1 is 1.35 bits per heavy atom. The van der Waals surface area contributed by atoms with Crippen LogP contribution < -0.4 is 5.32 Å². The molecule has 2 aromatic heterocycles. The molecule has 1 saturated heterocycles. The Labute approximate surface area is 152 Å². The van der Waals surface area contributed by atoms with E-state index in [0.29, 0.717) is 43.2 Å². The third kappa shape index (κ3) is 3.02. The molecule has 2 aliphatic rings. The Morgan fingerprint density at radius 2 is 2.12 bits per heavy atom. The first-order chi connectivity index (χ1) is 12.6. The lowest BCUT2D eigenvalue weighted by Gasteiger charge is -2.40. The minimum absolute atomic E-state index is 0.0136. The maximum atomic E-state index is 13.0. The zero-order chi connectivity index (χ0) is 18.1. The van der Waals surface area contributed by atoms with Crippen LogP contribution in [0, 0.1) is 12.8 Å². The number of nitrogens with one attached hydrogen (secondary N) is 1. The molecule has 0 unspecified atom stereocenters. The summed E-state index contributed by atoms with van der Waals surface area (Å²) in [5.74, 6) is 1.23. The highest BCUT2D eigenvalue weighted by Gasteiger charge is 2.45. The van der Waals surface area contributed by atoms with Gasteiger partial charge in [-0.15, -0.1) is 0 Å². The van der Waals surface area contributed by atoms with Gasteiger partial charge in [0.1, 0.15) is 11.3 Å². The molecular weight excluding hydrogens is 332 g/mol. The summed E-state index contributed by atoms with van der Waals surface area (Å²) >= 11 is 0. The molecule has 0 spiro atoms. The fraction of sp³-hybridized carbons (Fsp3) is 0.526. The summed E-state index contributed by atoms with van der Waals surface area (Å²) in [4.78, 5) is 27.5. The van der Waals surface area contributed by atoms with Crippen molar-refractivity contribution in [3.63, 3.8) is 0 Å². The number of hydrogen-bond acceptors (Lipinski definition) is 4. The molecule has 4 rings (SSSR count). The lowest BCUT2D eigenvalue weighted by Crippen LogP contribution is -2.56. The van der Waals surface area contributed by atoms with Gasteiger partial charge < -0.3 is 14.6 Å². The van der Waals surface area contributed by atoms with Crippen molar-refractivity contribution in [2.24, 2.45) is 5.92 Å². The summed E-state index contributed by atoms with van der Waals surface area (Å²) in [6.45, 7) is 3.55. The van der Waals surface area contributed by atoms with Crippen LogP contribution in [-0.2, 0) is 10.3 Å². The van der Waals surface area contributed by atoms with Crippen LogP contribution in [0.15, 0.2) is 35.2 Å². The molecule has 0 bridgehead atoms. The van der Waals surface area contributed by atoms with E-state index in [1.165, 1.54) is 19.1 Å². The predicted octanol–water partition coefficient (Wildman–Crippen LogP) is 1.94. The van der Waals surface area contributed by atoms with Crippen molar-refractivity contribution < 1.29 is 14.0 Å². The van der Waals surface area contributed by atoms with Gasteiger partial charge in [-0.1, -0.05) is 0 Å². The molecule has 1 aliphatic heterocycles.